The van der Waals surface area contributed by atoms with E-state index in [-0.39, 0.29) is 23.9 Å². The Kier molecular flexibility index (Phi) is 3.31. The van der Waals surface area contributed by atoms with Crippen molar-refractivity contribution in [2.45, 2.75) is 39.8 Å². The van der Waals surface area contributed by atoms with Crippen molar-refractivity contribution in [3.63, 3.8) is 0 Å². The second-order valence-electron chi connectivity index (χ2n) is 4.14. The van der Waals surface area contributed by atoms with Gasteiger partial charge < -0.3 is 9.64 Å². The zero-order valence-corrected chi connectivity index (χ0v) is 8.91. The van der Waals surface area contributed by atoms with Gasteiger partial charge in [-0.05, 0) is 13.8 Å². The third-order valence-electron chi connectivity index (χ3n) is 2.42. The number of carbonyl (C=O) groups is 1. The van der Waals surface area contributed by atoms with Gasteiger partial charge in [0.25, 0.3) is 0 Å². The van der Waals surface area contributed by atoms with Crippen molar-refractivity contribution in [3.05, 3.63) is 0 Å². The van der Waals surface area contributed by atoms with Gasteiger partial charge in [-0.3, -0.25) is 4.79 Å². The van der Waals surface area contributed by atoms with E-state index in [1.165, 1.54) is 0 Å². The molecule has 0 aromatic rings. The summed E-state index contributed by atoms with van der Waals surface area (Å²) in [6.45, 7) is 9.30. The Labute approximate surface area is 80.1 Å². The highest BCUT2D eigenvalue weighted by Gasteiger charge is 2.30. The maximum atomic E-state index is 11.8. The van der Waals surface area contributed by atoms with Gasteiger partial charge in [0, 0.05) is 5.92 Å². The largest absolute Gasteiger partial charge is 0.377 e. The fourth-order valence-electron chi connectivity index (χ4n) is 1.74. The molecule has 0 saturated carbocycles. The summed E-state index contributed by atoms with van der Waals surface area (Å²) in [5, 5.41) is 0. The van der Waals surface area contributed by atoms with Crippen LogP contribution in [-0.2, 0) is 9.53 Å². The maximum absolute atomic E-state index is 11.8. The van der Waals surface area contributed by atoms with Gasteiger partial charge in [-0.1, -0.05) is 13.8 Å². The molecule has 0 unspecified atom stereocenters. The Bertz CT molecular complexity index is 181. The van der Waals surface area contributed by atoms with Crippen LogP contribution in [0, 0.1) is 5.92 Å². The highest BCUT2D eigenvalue weighted by molar-refractivity contribution is 5.78. The Morgan fingerprint density at radius 3 is 2.15 bits per heavy atom. The summed E-state index contributed by atoms with van der Waals surface area (Å²) in [4.78, 5) is 13.7. The second kappa shape index (κ2) is 4.09. The number of carbonyl (C=O) groups excluding carboxylic acids is 1. The molecule has 0 N–H and O–H groups in total. The zero-order chi connectivity index (χ0) is 10.0. The van der Waals surface area contributed by atoms with Crippen LogP contribution in [0.2, 0.25) is 0 Å². The smallest absolute Gasteiger partial charge is 0.225 e. The number of hydrogen-bond acceptors (Lipinski definition) is 2. The molecule has 1 saturated heterocycles. The molecule has 76 valence electrons. The van der Waals surface area contributed by atoms with E-state index in [0.29, 0.717) is 13.2 Å². The number of rotatable bonds is 1. The van der Waals surface area contributed by atoms with Crippen LogP contribution in [0.1, 0.15) is 27.7 Å². The minimum Gasteiger partial charge on any atom is -0.377 e. The number of amides is 1. The summed E-state index contributed by atoms with van der Waals surface area (Å²) in [7, 11) is 0. The quantitative estimate of drug-likeness (QED) is 0.616. The topological polar surface area (TPSA) is 29.5 Å². The molecule has 0 spiro atoms. The van der Waals surface area contributed by atoms with Gasteiger partial charge in [0.2, 0.25) is 5.91 Å². The molecule has 13 heavy (non-hydrogen) atoms. The average molecular weight is 185 g/mol. The van der Waals surface area contributed by atoms with Gasteiger partial charge in [-0.2, -0.15) is 0 Å². The fourth-order valence-corrected chi connectivity index (χ4v) is 1.74. The van der Waals surface area contributed by atoms with E-state index < -0.39 is 0 Å². The van der Waals surface area contributed by atoms with Crippen molar-refractivity contribution in [1.82, 2.24) is 4.90 Å². The van der Waals surface area contributed by atoms with E-state index in [4.69, 9.17) is 4.74 Å². The third-order valence-corrected chi connectivity index (χ3v) is 2.42. The molecular weight excluding hydrogens is 166 g/mol. The first-order valence-corrected chi connectivity index (χ1v) is 4.94. The maximum Gasteiger partial charge on any atom is 0.225 e. The van der Waals surface area contributed by atoms with Gasteiger partial charge >= 0.3 is 0 Å². The minimum absolute atomic E-state index is 0.0861. The van der Waals surface area contributed by atoms with Crippen LogP contribution in [0.4, 0.5) is 0 Å². The van der Waals surface area contributed by atoms with Crippen molar-refractivity contribution in [2.24, 2.45) is 5.92 Å². The normalized spacial score (nSPS) is 29.5. The van der Waals surface area contributed by atoms with Gasteiger partial charge in [0.1, 0.15) is 0 Å². The molecule has 0 aliphatic carbocycles. The van der Waals surface area contributed by atoms with Crippen molar-refractivity contribution in [1.29, 1.82) is 0 Å². The lowest BCUT2D eigenvalue weighted by molar-refractivity contribution is -0.147. The molecule has 2 atom stereocenters. The van der Waals surface area contributed by atoms with Crippen LogP contribution in [0.5, 0.6) is 0 Å². The number of nitrogens with zero attached hydrogens (tertiary/aromatic N) is 1. The lowest BCUT2D eigenvalue weighted by atomic mass is 10.1. The molecule has 0 radical (unpaired) electrons. The van der Waals surface area contributed by atoms with E-state index >= 15 is 0 Å². The molecule has 0 aromatic heterocycles. The van der Waals surface area contributed by atoms with Crippen LogP contribution < -0.4 is 0 Å². The van der Waals surface area contributed by atoms with Crippen molar-refractivity contribution in [3.8, 4) is 0 Å². The predicted octanol–water partition coefficient (Wildman–Crippen LogP) is 1.28. The number of morpholine rings is 1. The number of hydrogen-bond donors (Lipinski definition) is 0. The molecule has 3 heteroatoms. The predicted molar refractivity (Wildman–Crippen MR) is 51.4 cm³/mol. The highest BCUT2D eigenvalue weighted by Crippen LogP contribution is 2.16. The van der Waals surface area contributed by atoms with Crippen molar-refractivity contribution >= 4 is 5.91 Å². The molecule has 3 nitrogen and oxygen atoms in total. The fraction of sp³-hybridized carbons (Fsp3) is 0.900. The molecule has 0 bridgehead atoms. The molecule has 1 amide bonds. The van der Waals surface area contributed by atoms with Crippen LogP contribution in [0.15, 0.2) is 0 Å². The minimum atomic E-state index is 0.0861. The van der Waals surface area contributed by atoms with Gasteiger partial charge in [-0.25, -0.2) is 0 Å². The Hall–Kier alpha value is -0.570. The molecular formula is C10H19NO2. The monoisotopic (exact) mass is 185 g/mol. The first kappa shape index (κ1) is 10.5. The van der Waals surface area contributed by atoms with E-state index in [9.17, 15) is 4.79 Å². The van der Waals surface area contributed by atoms with Crippen LogP contribution in [-0.4, -0.2) is 36.1 Å². The molecule has 0 aromatic carbocycles. The molecule has 1 aliphatic rings. The summed E-state index contributed by atoms with van der Waals surface area (Å²) in [5.74, 6) is 0.325. The first-order chi connectivity index (χ1) is 6.04. The van der Waals surface area contributed by atoms with Crippen molar-refractivity contribution in [2.75, 3.05) is 13.2 Å². The lowest BCUT2D eigenvalue weighted by Gasteiger charge is -2.39. The first-order valence-electron chi connectivity index (χ1n) is 4.94. The van der Waals surface area contributed by atoms with Crippen molar-refractivity contribution < 1.29 is 9.53 Å². The van der Waals surface area contributed by atoms with E-state index in [2.05, 4.69) is 0 Å². The van der Waals surface area contributed by atoms with E-state index in [1.807, 2.05) is 32.6 Å². The summed E-state index contributed by atoms with van der Waals surface area (Å²) >= 11 is 0. The Morgan fingerprint density at radius 2 is 1.77 bits per heavy atom. The lowest BCUT2D eigenvalue weighted by Crippen LogP contribution is -2.53. The van der Waals surface area contributed by atoms with E-state index in [1.54, 1.807) is 0 Å². The summed E-state index contributed by atoms with van der Waals surface area (Å²) in [6, 6.07) is 0.442. The summed E-state index contributed by atoms with van der Waals surface area (Å²) in [5.41, 5.74) is 0. The Balaban J connectivity index is 2.68. The van der Waals surface area contributed by atoms with Crippen LogP contribution in [0.25, 0.3) is 0 Å². The van der Waals surface area contributed by atoms with Gasteiger partial charge in [0.15, 0.2) is 0 Å². The standard InChI is InChI=1S/C10H19NO2/c1-7(2)10(12)11-8(3)5-13-6-9(11)4/h7-9H,5-6H2,1-4H3/t8-,9+. The molecule has 1 heterocycles. The van der Waals surface area contributed by atoms with Crippen LogP contribution >= 0.6 is 0 Å². The van der Waals surface area contributed by atoms with Gasteiger partial charge in [0.05, 0.1) is 25.3 Å². The SMILES string of the molecule is CC(C)C(=O)N1[C@H](C)COC[C@@H]1C. The number of ether oxygens (including phenoxy) is 1. The van der Waals surface area contributed by atoms with Gasteiger partial charge in [-0.15, -0.1) is 0 Å². The molecule has 1 aliphatic heterocycles. The zero-order valence-electron chi connectivity index (χ0n) is 8.91. The summed E-state index contributed by atoms with van der Waals surface area (Å²) < 4.78 is 5.36. The highest BCUT2D eigenvalue weighted by atomic mass is 16.5. The molecule has 1 rings (SSSR count). The Morgan fingerprint density at radius 1 is 1.31 bits per heavy atom. The van der Waals surface area contributed by atoms with Crippen LogP contribution in [0.3, 0.4) is 0 Å². The third kappa shape index (κ3) is 2.21. The average Bonchev–Trinajstić information content (AvgIpc) is 2.03. The second-order valence-corrected chi connectivity index (χ2v) is 4.14. The summed E-state index contributed by atoms with van der Waals surface area (Å²) in [6.07, 6.45) is 0. The molecule has 1 fully saturated rings. The van der Waals surface area contributed by atoms with E-state index in [0.717, 1.165) is 0 Å².